The summed E-state index contributed by atoms with van der Waals surface area (Å²) in [5.74, 6) is 0.968. The minimum Gasteiger partial charge on any atom is -0.508 e. The van der Waals surface area contributed by atoms with Gasteiger partial charge < -0.3 is 20.1 Å². The molecule has 0 saturated carbocycles. The van der Waals surface area contributed by atoms with Gasteiger partial charge in [-0.15, -0.1) is 0 Å². The van der Waals surface area contributed by atoms with Crippen LogP contribution in [0.3, 0.4) is 0 Å². The van der Waals surface area contributed by atoms with Crippen LogP contribution in [0.5, 0.6) is 11.5 Å². The Balaban J connectivity index is 1.50. The van der Waals surface area contributed by atoms with Gasteiger partial charge >= 0.3 is 0 Å². The quantitative estimate of drug-likeness (QED) is 0.358. The van der Waals surface area contributed by atoms with E-state index in [1.165, 1.54) is 6.07 Å². The van der Waals surface area contributed by atoms with E-state index in [0.29, 0.717) is 23.3 Å². The van der Waals surface area contributed by atoms with Crippen LogP contribution >= 0.6 is 0 Å². The maximum atomic E-state index is 13.7. The van der Waals surface area contributed by atoms with Crippen molar-refractivity contribution in [3.63, 3.8) is 0 Å². The Hall–Kier alpha value is -4.02. The van der Waals surface area contributed by atoms with Crippen molar-refractivity contribution < 1.29 is 14.6 Å². The van der Waals surface area contributed by atoms with E-state index in [4.69, 9.17) is 14.7 Å². The molecule has 0 aliphatic carbocycles. The molecule has 39 heavy (non-hydrogen) atoms. The number of nitrogens with one attached hydrogen (secondary N) is 1. The first-order valence-corrected chi connectivity index (χ1v) is 13.3. The Morgan fingerprint density at radius 3 is 2.64 bits per heavy atom. The van der Waals surface area contributed by atoms with Crippen LogP contribution in [0.1, 0.15) is 34.2 Å². The summed E-state index contributed by atoms with van der Waals surface area (Å²) in [6.07, 6.45) is 1.80. The van der Waals surface area contributed by atoms with E-state index >= 15 is 0 Å². The van der Waals surface area contributed by atoms with Crippen LogP contribution in [0.4, 0.5) is 0 Å². The molecule has 2 N–H and O–H groups in total. The number of hydrogen-bond acceptors (Lipinski definition) is 8. The summed E-state index contributed by atoms with van der Waals surface area (Å²) in [5.41, 5.74) is 4.65. The Morgan fingerprint density at radius 2 is 1.92 bits per heavy atom. The molecule has 3 heterocycles. The number of carbonyl (C=O) groups is 1. The number of ether oxygens (including phenoxy) is 1. The van der Waals surface area contributed by atoms with Crippen LogP contribution < -0.4 is 10.1 Å². The fourth-order valence-corrected chi connectivity index (χ4v) is 5.00. The highest BCUT2D eigenvalue weighted by atomic mass is 16.5. The molecule has 2 aromatic carbocycles. The third-order valence-electron chi connectivity index (χ3n) is 7.29. The number of aromatic nitrogens is 4. The zero-order chi connectivity index (χ0) is 27.5. The van der Waals surface area contributed by atoms with E-state index in [2.05, 4.69) is 15.3 Å². The number of phenolic OH excluding ortho intramolecular Hbond substituents is 1. The van der Waals surface area contributed by atoms with E-state index < -0.39 is 0 Å². The van der Waals surface area contributed by atoms with Gasteiger partial charge in [0, 0.05) is 80.6 Å². The van der Waals surface area contributed by atoms with Gasteiger partial charge in [0.1, 0.15) is 17.2 Å². The normalized spacial score (nSPS) is 14.1. The van der Waals surface area contributed by atoms with E-state index in [-0.39, 0.29) is 17.4 Å². The van der Waals surface area contributed by atoms with Crippen LogP contribution in [0, 0.1) is 6.92 Å². The molecule has 1 saturated heterocycles. The second-order valence-electron chi connectivity index (χ2n) is 9.88. The van der Waals surface area contributed by atoms with Gasteiger partial charge in [0.25, 0.3) is 5.91 Å². The van der Waals surface area contributed by atoms with Gasteiger partial charge in [-0.25, -0.2) is 9.97 Å². The highest BCUT2D eigenvalue weighted by Gasteiger charge is 2.22. The summed E-state index contributed by atoms with van der Waals surface area (Å²) >= 11 is 0. The number of carbonyl (C=O) groups excluding carboxylic acids is 1. The number of aryl methyl sites for hydroxylation is 1. The molecule has 5 rings (SSSR count). The molecule has 0 bridgehead atoms. The third kappa shape index (κ3) is 5.57. The van der Waals surface area contributed by atoms with Crippen LogP contribution in [0.15, 0.2) is 42.6 Å². The Kier molecular flexibility index (Phi) is 7.76. The van der Waals surface area contributed by atoms with E-state index in [0.717, 1.165) is 67.4 Å². The summed E-state index contributed by atoms with van der Waals surface area (Å²) in [5, 5.41) is 18.5. The Labute approximate surface area is 228 Å². The molecule has 0 unspecified atom stereocenters. The minimum absolute atomic E-state index is 0.0505. The monoisotopic (exact) mass is 529 g/mol. The highest BCUT2D eigenvalue weighted by Crippen LogP contribution is 2.30. The minimum atomic E-state index is -0.264. The number of rotatable bonds is 8. The van der Waals surface area contributed by atoms with E-state index in [9.17, 15) is 9.90 Å². The van der Waals surface area contributed by atoms with Gasteiger partial charge in [-0.1, -0.05) is 12.1 Å². The molecule has 0 atom stereocenters. The Morgan fingerprint density at radius 1 is 1.13 bits per heavy atom. The van der Waals surface area contributed by atoms with Crippen molar-refractivity contribution in [2.75, 3.05) is 40.3 Å². The fourth-order valence-electron chi connectivity index (χ4n) is 5.00. The van der Waals surface area contributed by atoms with Crippen LogP contribution in [-0.2, 0) is 19.6 Å². The predicted octanol–water partition coefficient (Wildman–Crippen LogP) is 3.21. The van der Waals surface area contributed by atoms with Crippen LogP contribution in [-0.4, -0.2) is 80.9 Å². The average molecular weight is 530 g/mol. The van der Waals surface area contributed by atoms with Crippen molar-refractivity contribution in [1.29, 1.82) is 0 Å². The number of piperazine rings is 1. The van der Waals surface area contributed by atoms with E-state index in [1.54, 1.807) is 37.4 Å². The summed E-state index contributed by atoms with van der Waals surface area (Å²) in [4.78, 5) is 27.2. The van der Waals surface area contributed by atoms with Gasteiger partial charge in [0.05, 0.1) is 18.8 Å². The zero-order valence-corrected chi connectivity index (χ0v) is 22.9. The molecular weight excluding hydrogens is 494 g/mol. The second-order valence-corrected chi connectivity index (χ2v) is 9.88. The lowest BCUT2D eigenvalue weighted by molar-refractivity contribution is 0.0781. The number of nitrogens with zero attached hydrogens (tertiary/aromatic N) is 6. The lowest BCUT2D eigenvalue weighted by atomic mass is 10.1. The molecule has 4 aromatic rings. The zero-order valence-electron chi connectivity index (χ0n) is 22.9. The largest absolute Gasteiger partial charge is 0.508 e. The molecule has 1 aliphatic heterocycles. The molecule has 1 aliphatic rings. The lowest BCUT2D eigenvalue weighted by Crippen LogP contribution is -2.42. The SMILES string of the molecule is CCn1ncc(CN(C)C(=O)c2nc(-c3ccc(CN4CCNCC4)c(OC)c3)nc3ccc(O)cc23)c1C. The highest BCUT2D eigenvalue weighted by molar-refractivity contribution is 6.05. The lowest BCUT2D eigenvalue weighted by Gasteiger charge is -2.27. The standard InChI is InChI=1S/C29H35N7O3/c1-5-36-19(2)22(16-31-36)17-34(3)29(38)27-24-15-23(37)8-9-25(24)32-28(33-27)20-6-7-21(26(14-20)39-4)18-35-12-10-30-11-13-35/h6-9,14-16,30,37H,5,10-13,17-18H2,1-4H3. The van der Waals surface area contributed by atoms with Crippen molar-refractivity contribution >= 4 is 16.8 Å². The topological polar surface area (TPSA) is 109 Å². The molecule has 1 fully saturated rings. The first kappa shape index (κ1) is 26.6. The summed E-state index contributed by atoms with van der Waals surface area (Å²) in [6, 6.07) is 10.8. The van der Waals surface area contributed by atoms with Crippen molar-refractivity contribution in [2.45, 2.75) is 33.5 Å². The molecule has 0 radical (unpaired) electrons. The number of fused-ring (bicyclic) bond motifs is 1. The number of benzene rings is 2. The van der Waals surface area contributed by atoms with E-state index in [1.807, 2.05) is 36.7 Å². The van der Waals surface area contributed by atoms with Gasteiger partial charge in [-0.2, -0.15) is 5.10 Å². The third-order valence-corrected chi connectivity index (χ3v) is 7.29. The molecule has 2 aromatic heterocycles. The van der Waals surface area contributed by atoms with Crippen LogP contribution in [0.2, 0.25) is 0 Å². The number of amides is 1. The summed E-state index contributed by atoms with van der Waals surface area (Å²) in [7, 11) is 3.41. The number of aromatic hydroxyl groups is 1. The average Bonchev–Trinajstić information content (AvgIpc) is 3.31. The van der Waals surface area contributed by atoms with Crippen molar-refractivity contribution in [2.24, 2.45) is 0 Å². The van der Waals surface area contributed by atoms with Crippen molar-refractivity contribution in [3.05, 3.63) is 65.1 Å². The number of methoxy groups -OCH3 is 1. The van der Waals surface area contributed by atoms with Gasteiger partial charge in [-0.3, -0.25) is 14.4 Å². The first-order chi connectivity index (χ1) is 18.9. The maximum Gasteiger partial charge on any atom is 0.273 e. The van der Waals surface area contributed by atoms with Crippen LogP contribution in [0.25, 0.3) is 22.3 Å². The smallest absolute Gasteiger partial charge is 0.273 e. The first-order valence-electron chi connectivity index (χ1n) is 13.3. The summed E-state index contributed by atoms with van der Waals surface area (Å²) < 4.78 is 7.65. The summed E-state index contributed by atoms with van der Waals surface area (Å²) in [6.45, 7) is 9.92. The van der Waals surface area contributed by atoms with Gasteiger partial charge in [0.15, 0.2) is 5.82 Å². The molecular formula is C29H35N7O3. The molecule has 1 amide bonds. The number of hydrogen-bond donors (Lipinski definition) is 2. The number of phenols is 1. The molecule has 10 nitrogen and oxygen atoms in total. The molecule has 0 spiro atoms. The van der Waals surface area contributed by atoms with Crippen molar-refractivity contribution in [3.8, 4) is 22.9 Å². The molecule has 204 valence electrons. The Bertz CT molecular complexity index is 1490. The van der Waals surface area contributed by atoms with Gasteiger partial charge in [-0.05, 0) is 38.1 Å². The fraction of sp³-hybridized carbons (Fsp3) is 0.379. The second kappa shape index (κ2) is 11.4. The van der Waals surface area contributed by atoms with Gasteiger partial charge in [0.2, 0.25) is 0 Å². The predicted molar refractivity (Wildman–Crippen MR) is 150 cm³/mol. The maximum absolute atomic E-state index is 13.7. The molecule has 10 heteroatoms. The van der Waals surface area contributed by atoms with Crippen molar-refractivity contribution in [1.82, 2.24) is 34.9 Å².